The molecule has 2 atom stereocenters. The molecule has 5 nitrogen and oxygen atoms in total. The summed E-state index contributed by atoms with van der Waals surface area (Å²) < 4.78 is 0. The van der Waals surface area contributed by atoms with Gasteiger partial charge >= 0.3 is 11.8 Å². The van der Waals surface area contributed by atoms with Crippen LogP contribution in [0.3, 0.4) is 0 Å². The van der Waals surface area contributed by atoms with E-state index in [1.54, 1.807) is 13.8 Å². The lowest BCUT2D eigenvalue weighted by Crippen LogP contribution is -2.44. The molecule has 2 aromatic rings. The summed E-state index contributed by atoms with van der Waals surface area (Å²) >= 11 is 0. The molecule has 0 fully saturated rings. The van der Waals surface area contributed by atoms with Crippen molar-refractivity contribution >= 4 is 17.5 Å². The molecule has 0 saturated heterocycles. The lowest BCUT2D eigenvalue weighted by molar-refractivity contribution is -0.136. The number of hydrogen-bond acceptors (Lipinski definition) is 3. The van der Waals surface area contributed by atoms with E-state index in [4.69, 9.17) is 5.11 Å². The maximum Gasteiger partial charge on any atom is 0.313 e. The van der Waals surface area contributed by atoms with Crippen molar-refractivity contribution < 1.29 is 14.7 Å². The Morgan fingerprint density at radius 3 is 2.52 bits per heavy atom. The Kier molecular flexibility index (Phi) is 4.86. The third-order valence-electron chi connectivity index (χ3n) is 4.76. The Morgan fingerprint density at radius 1 is 1.04 bits per heavy atom. The first-order valence-corrected chi connectivity index (χ1v) is 8.43. The number of fused-ring (bicyclic) bond motifs is 3. The lowest BCUT2D eigenvalue weighted by atomic mass is 10.1. The monoisotopic (exact) mass is 338 g/mol. The molecule has 2 unspecified atom stereocenters. The number of carbonyl (C=O) groups is 2. The van der Waals surface area contributed by atoms with E-state index in [-0.39, 0.29) is 18.6 Å². The molecule has 0 radical (unpaired) electrons. The van der Waals surface area contributed by atoms with Crippen molar-refractivity contribution in [2.75, 3.05) is 11.9 Å². The van der Waals surface area contributed by atoms with Crippen molar-refractivity contribution in [2.45, 2.75) is 26.3 Å². The predicted octanol–water partition coefficient (Wildman–Crippen LogP) is 2.33. The number of aliphatic hydroxyl groups is 1. The molecule has 0 heterocycles. The normalized spacial score (nSPS) is 14.2. The number of nitrogens with one attached hydrogen (secondary N) is 2. The van der Waals surface area contributed by atoms with Gasteiger partial charge in [0.05, 0.1) is 0 Å². The van der Waals surface area contributed by atoms with Crippen LogP contribution in [0.25, 0.3) is 11.1 Å². The van der Waals surface area contributed by atoms with Gasteiger partial charge in [0, 0.05) is 18.3 Å². The van der Waals surface area contributed by atoms with Gasteiger partial charge in [0.2, 0.25) is 0 Å². The zero-order chi connectivity index (χ0) is 18.0. The van der Waals surface area contributed by atoms with Crippen molar-refractivity contribution in [2.24, 2.45) is 5.92 Å². The minimum absolute atomic E-state index is 0.0472. The largest absolute Gasteiger partial charge is 0.396 e. The molecule has 2 aromatic carbocycles. The Bertz CT molecular complexity index is 816. The van der Waals surface area contributed by atoms with Crippen molar-refractivity contribution in [1.29, 1.82) is 0 Å². The van der Waals surface area contributed by atoms with Crippen LogP contribution in [0.4, 0.5) is 5.69 Å². The number of anilines is 1. The number of rotatable bonds is 4. The summed E-state index contributed by atoms with van der Waals surface area (Å²) in [4.78, 5) is 24.1. The van der Waals surface area contributed by atoms with Gasteiger partial charge in [-0.2, -0.15) is 0 Å². The van der Waals surface area contributed by atoms with Gasteiger partial charge in [0.1, 0.15) is 0 Å². The van der Waals surface area contributed by atoms with Gasteiger partial charge < -0.3 is 15.7 Å². The van der Waals surface area contributed by atoms with Gasteiger partial charge in [-0.1, -0.05) is 37.3 Å². The SMILES string of the molecule is CC(CO)C(C)NC(=O)C(=O)Nc1ccc2c(c1)Cc1ccccc1-2. The van der Waals surface area contributed by atoms with Crippen LogP contribution in [0.2, 0.25) is 0 Å². The number of hydrogen-bond donors (Lipinski definition) is 3. The molecule has 3 N–H and O–H groups in total. The molecule has 0 aromatic heterocycles. The Hall–Kier alpha value is -2.66. The molecular formula is C20H22N2O3. The van der Waals surface area contributed by atoms with Gasteiger partial charge in [0.15, 0.2) is 0 Å². The van der Waals surface area contributed by atoms with Crippen LogP contribution in [0, 0.1) is 5.92 Å². The summed E-state index contributed by atoms with van der Waals surface area (Å²) in [6, 6.07) is 13.7. The summed E-state index contributed by atoms with van der Waals surface area (Å²) in [5.74, 6) is -1.51. The summed E-state index contributed by atoms with van der Waals surface area (Å²) in [6.45, 7) is 3.52. The van der Waals surface area contributed by atoms with Gasteiger partial charge in [-0.15, -0.1) is 0 Å². The van der Waals surface area contributed by atoms with Crippen LogP contribution in [0.5, 0.6) is 0 Å². The van der Waals surface area contributed by atoms with E-state index in [0.29, 0.717) is 5.69 Å². The molecule has 25 heavy (non-hydrogen) atoms. The molecular weight excluding hydrogens is 316 g/mol. The highest BCUT2D eigenvalue weighted by Crippen LogP contribution is 2.37. The van der Waals surface area contributed by atoms with Crippen LogP contribution >= 0.6 is 0 Å². The van der Waals surface area contributed by atoms with E-state index >= 15 is 0 Å². The summed E-state index contributed by atoms with van der Waals surface area (Å²) in [7, 11) is 0. The zero-order valence-corrected chi connectivity index (χ0v) is 14.4. The molecule has 0 aliphatic heterocycles. The minimum Gasteiger partial charge on any atom is -0.396 e. The first-order chi connectivity index (χ1) is 12.0. The van der Waals surface area contributed by atoms with Gasteiger partial charge in [0.25, 0.3) is 0 Å². The minimum atomic E-state index is -0.701. The van der Waals surface area contributed by atoms with Crippen molar-refractivity contribution in [3.63, 3.8) is 0 Å². The van der Waals surface area contributed by atoms with Gasteiger partial charge in [-0.05, 0) is 53.6 Å². The molecule has 0 bridgehead atoms. The fraction of sp³-hybridized carbons (Fsp3) is 0.300. The van der Waals surface area contributed by atoms with E-state index in [1.165, 1.54) is 16.7 Å². The summed E-state index contributed by atoms with van der Waals surface area (Å²) in [5, 5.41) is 14.4. The molecule has 3 rings (SSSR count). The van der Waals surface area contributed by atoms with Crippen LogP contribution in [-0.2, 0) is 16.0 Å². The third-order valence-corrected chi connectivity index (χ3v) is 4.76. The van der Waals surface area contributed by atoms with Crippen molar-refractivity contribution in [3.8, 4) is 11.1 Å². The number of amides is 2. The molecule has 5 heteroatoms. The average molecular weight is 338 g/mol. The van der Waals surface area contributed by atoms with E-state index in [1.807, 2.05) is 30.3 Å². The number of benzene rings is 2. The average Bonchev–Trinajstić information content (AvgIpc) is 2.98. The molecule has 0 saturated carbocycles. The van der Waals surface area contributed by atoms with Gasteiger partial charge in [-0.25, -0.2) is 0 Å². The standard InChI is InChI=1S/C20H22N2O3/c1-12(11-23)13(2)21-19(24)20(25)22-16-7-8-18-15(10-16)9-14-5-3-4-6-17(14)18/h3-8,10,12-13,23H,9,11H2,1-2H3,(H,21,24)(H,22,25). The number of carbonyl (C=O) groups excluding carboxylic acids is 2. The zero-order valence-electron chi connectivity index (χ0n) is 14.4. The Morgan fingerprint density at radius 2 is 1.76 bits per heavy atom. The maximum absolute atomic E-state index is 12.1. The van der Waals surface area contributed by atoms with Crippen molar-refractivity contribution in [1.82, 2.24) is 5.32 Å². The smallest absolute Gasteiger partial charge is 0.313 e. The predicted molar refractivity (Wildman–Crippen MR) is 97.2 cm³/mol. The topological polar surface area (TPSA) is 78.4 Å². The second kappa shape index (κ2) is 7.07. The molecule has 2 amide bonds. The quantitative estimate of drug-likeness (QED) is 0.639. The summed E-state index contributed by atoms with van der Waals surface area (Å²) in [5.41, 5.74) is 5.41. The Labute approximate surface area is 147 Å². The highest BCUT2D eigenvalue weighted by Gasteiger charge is 2.21. The molecule has 1 aliphatic rings. The first-order valence-electron chi connectivity index (χ1n) is 8.43. The molecule has 0 spiro atoms. The van der Waals surface area contributed by atoms with E-state index in [9.17, 15) is 9.59 Å². The highest BCUT2D eigenvalue weighted by molar-refractivity contribution is 6.39. The maximum atomic E-state index is 12.1. The second-order valence-electron chi connectivity index (χ2n) is 6.58. The Balaban J connectivity index is 1.67. The van der Waals surface area contributed by atoms with Crippen LogP contribution in [0.15, 0.2) is 42.5 Å². The fourth-order valence-electron chi connectivity index (χ4n) is 2.98. The lowest BCUT2D eigenvalue weighted by Gasteiger charge is -2.18. The van der Waals surface area contributed by atoms with E-state index in [2.05, 4.69) is 22.8 Å². The fourth-order valence-corrected chi connectivity index (χ4v) is 2.98. The second-order valence-corrected chi connectivity index (χ2v) is 6.58. The summed E-state index contributed by atoms with van der Waals surface area (Å²) in [6.07, 6.45) is 0.826. The molecule has 1 aliphatic carbocycles. The van der Waals surface area contributed by atoms with Crippen LogP contribution in [-0.4, -0.2) is 29.6 Å². The van der Waals surface area contributed by atoms with Crippen molar-refractivity contribution in [3.05, 3.63) is 53.6 Å². The van der Waals surface area contributed by atoms with Crippen LogP contribution < -0.4 is 10.6 Å². The van der Waals surface area contributed by atoms with E-state index < -0.39 is 11.8 Å². The number of aliphatic hydroxyl groups excluding tert-OH is 1. The third kappa shape index (κ3) is 3.56. The highest BCUT2D eigenvalue weighted by atomic mass is 16.3. The van der Waals surface area contributed by atoms with E-state index in [0.717, 1.165) is 12.0 Å². The van der Waals surface area contributed by atoms with Gasteiger partial charge in [-0.3, -0.25) is 9.59 Å². The molecule has 130 valence electrons. The van der Waals surface area contributed by atoms with Crippen LogP contribution in [0.1, 0.15) is 25.0 Å². The first kappa shape index (κ1) is 17.2.